The van der Waals surface area contributed by atoms with Crippen LogP contribution in [-0.2, 0) is 11.2 Å². The number of aromatic nitrogens is 1. The normalized spacial score (nSPS) is 11.8. The highest BCUT2D eigenvalue weighted by Crippen LogP contribution is 2.17. The van der Waals surface area contributed by atoms with Crippen molar-refractivity contribution in [2.24, 2.45) is 0 Å². The van der Waals surface area contributed by atoms with E-state index in [0.717, 1.165) is 23.0 Å². The minimum atomic E-state index is 0.0808. The number of benzene rings is 1. The number of carbonyl (C=O) groups excluding carboxylic acids is 1. The summed E-state index contributed by atoms with van der Waals surface area (Å²) < 4.78 is 0. The van der Waals surface area contributed by atoms with Crippen LogP contribution in [0.2, 0.25) is 0 Å². The smallest absolute Gasteiger partial charge is 0.224 e. The number of nitrogens with one attached hydrogen (secondary N) is 2. The number of carbonyl (C=O) groups is 1. The van der Waals surface area contributed by atoms with Crippen molar-refractivity contribution in [3.05, 3.63) is 36.0 Å². The third-order valence-corrected chi connectivity index (χ3v) is 4.04. The molecule has 22 heavy (non-hydrogen) atoms. The molecule has 0 bridgehead atoms. The van der Waals surface area contributed by atoms with Crippen LogP contribution in [0.4, 0.5) is 0 Å². The lowest BCUT2D eigenvalue weighted by Crippen LogP contribution is -2.42. The number of rotatable bonds is 7. The van der Waals surface area contributed by atoms with Crippen LogP contribution in [-0.4, -0.2) is 41.0 Å². The monoisotopic (exact) mass is 301 g/mol. The highest BCUT2D eigenvalue weighted by molar-refractivity contribution is 5.88. The summed E-state index contributed by atoms with van der Waals surface area (Å²) >= 11 is 0. The number of H-pyrrole nitrogens is 1. The second-order valence-corrected chi connectivity index (χ2v) is 6.31. The van der Waals surface area contributed by atoms with Crippen LogP contribution >= 0.6 is 0 Å². The van der Waals surface area contributed by atoms with E-state index >= 15 is 0 Å². The standard InChI is InChI=1S/C18H27N3O/c1-13(2)21(14(3)4)10-9-19-18(22)11-15-12-20-17-8-6-5-7-16(15)17/h5-8,12-14,20H,9-11H2,1-4H3,(H,19,22). The Bertz CT molecular complexity index is 608. The highest BCUT2D eigenvalue weighted by atomic mass is 16.1. The lowest BCUT2D eigenvalue weighted by atomic mass is 10.1. The van der Waals surface area contributed by atoms with Crippen LogP contribution in [0.3, 0.4) is 0 Å². The van der Waals surface area contributed by atoms with E-state index in [-0.39, 0.29) is 5.91 Å². The summed E-state index contributed by atoms with van der Waals surface area (Å²) in [4.78, 5) is 17.7. The molecule has 4 heteroatoms. The molecule has 4 nitrogen and oxygen atoms in total. The van der Waals surface area contributed by atoms with Crippen molar-refractivity contribution in [1.29, 1.82) is 0 Å². The second-order valence-electron chi connectivity index (χ2n) is 6.31. The van der Waals surface area contributed by atoms with Crippen molar-refractivity contribution < 1.29 is 4.79 Å². The van der Waals surface area contributed by atoms with Crippen LogP contribution in [0.15, 0.2) is 30.5 Å². The molecule has 1 aromatic heterocycles. The third-order valence-electron chi connectivity index (χ3n) is 4.04. The molecule has 0 aliphatic rings. The van der Waals surface area contributed by atoms with Crippen molar-refractivity contribution in [3.8, 4) is 0 Å². The molecule has 0 radical (unpaired) electrons. The maximum atomic E-state index is 12.1. The Balaban J connectivity index is 1.86. The van der Waals surface area contributed by atoms with E-state index in [2.05, 4.69) is 42.9 Å². The summed E-state index contributed by atoms with van der Waals surface area (Å²) in [6.45, 7) is 10.3. The Hall–Kier alpha value is -1.81. The predicted octanol–water partition coefficient (Wildman–Crippen LogP) is 2.95. The molecule has 2 rings (SSSR count). The van der Waals surface area contributed by atoms with Crippen molar-refractivity contribution >= 4 is 16.8 Å². The van der Waals surface area contributed by atoms with Crippen molar-refractivity contribution in [3.63, 3.8) is 0 Å². The fourth-order valence-electron chi connectivity index (χ4n) is 2.95. The summed E-state index contributed by atoms with van der Waals surface area (Å²) in [6, 6.07) is 9.06. The van der Waals surface area contributed by atoms with Gasteiger partial charge in [-0.3, -0.25) is 9.69 Å². The molecule has 0 unspecified atom stereocenters. The van der Waals surface area contributed by atoms with Gasteiger partial charge in [-0.2, -0.15) is 0 Å². The van der Waals surface area contributed by atoms with Gasteiger partial charge in [0.05, 0.1) is 6.42 Å². The van der Waals surface area contributed by atoms with Gasteiger partial charge in [0.15, 0.2) is 0 Å². The molecule has 0 aliphatic carbocycles. The summed E-state index contributed by atoms with van der Waals surface area (Å²) in [5, 5.41) is 4.16. The fraction of sp³-hybridized carbons (Fsp3) is 0.500. The van der Waals surface area contributed by atoms with Crippen molar-refractivity contribution in [1.82, 2.24) is 15.2 Å². The number of hydrogen-bond donors (Lipinski definition) is 2. The zero-order valence-corrected chi connectivity index (χ0v) is 14.0. The first-order valence-corrected chi connectivity index (χ1v) is 8.06. The van der Waals surface area contributed by atoms with E-state index in [0.29, 0.717) is 25.0 Å². The van der Waals surface area contributed by atoms with E-state index in [1.165, 1.54) is 0 Å². The van der Waals surface area contributed by atoms with Crippen molar-refractivity contribution in [2.45, 2.75) is 46.2 Å². The SMILES string of the molecule is CC(C)N(CCNC(=O)Cc1c[nH]c2ccccc12)C(C)C. The molecule has 1 amide bonds. The third kappa shape index (κ3) is 4.10. The summed E-state index contributed by atoms with van der Waals surface area (Å²) in [5.74, 6) is 0.0808. The first kappa shape index (κ1) is 16.6. The van der Waals surface area contributed by atoms with Crippen LogP contribution < -0.4 is 5.32 Å². The highest BCUT2D eigenvalue weighted by Gasteiger charge is 2.13. The lowest BCUT2D eigenvalue weighted by Gasteiger charge is -2.30. The molecular formula is C18H27N3O. The topological polar surface area (TPSA) is 48.1 Å². The molecule has 1 heterocycles. The molecule has 2 N–H and O–H groups in total. The average Bonchev–Trinajstić information content (AvgIpc) is 2.86. The quantitative estimate of drug-likeness (QED) is 0.826. The number of hydrogen-bond acceptors (Lipinski definition) is 2. The molecule has 0 spiro atoms. The molecule has 0 aliphatic heterocycles. The van der Waals surface area contributed by atoms with Gasteiger partial charge in [0, 0.05) is 42.3 Å². The van der Waals surface area contributed by atoms with Gasteiger partial charge in [-0.05, 0) is 39.3 Å². The molecule has 0 saturated carbocycles. The predicted molar refractivity (Wildman–Crippen MR) is 92.0 cm³/mol. The Morgan fingerprint density at radius 2 is 1.86 bits per heavy atom. The van der Waals surface area contributed by atoms with Gasteiger partial charge in [0.25, 0.3) is 0 Å². The van der Waals surface area contributed by atoms with Crippen LogP contribution in [0.5, 0.6) is 0 Å². The number of nitrogens with zero attached hydrogens (tertiary/aromatic N) is 1. The van der Waals surface area contributed by atoms with E-state index in [4.69, 9.17) is 0 Å². The minimum Gasteiger partial charge on any atom is -0.361 e. The lowest BCUT2D eigenvalue weighted by molar-refractivity contribution is -0.120. The zero-order chi connectivity index (χ0) is 16.1. The van der Waals surface area contributed by atoms with Gasteiger partial charge in [-0.25, -0.2) is 0 Å². The summed E-state index contributed by atoms with van der Waals surface area (Å²) in [7, 11) is 0. The Morgan fingerprint density at radius 3 is 2.55 bits per heavy atom. The molecule has 0 atom stereocenters. The van der Waals surface area contributed by atoms with Crippen LogP contribution in [0.1, 0.15) is 33.3 Å². The summed E-state index contributed by atoms with van der Waals surface area (Å²) in [5.41, 5.74) is 2.13. The van der Waals surface area contributed by atoms with Gasteiger partial charge < -0.3 is 10.3 Å². The number of aromatic amines is 1. The fourth-order valence-corrected chi connectivity index (χ4v) is 2.95. The maximum Gasteiger partial charge on any atom is 0.224 e. The first-order chi connectivity index (χ1) is 10.5. The Morgan fingerprint density at radius 1 is 1.18 bits per heavy atom. The van der Waals surface area contributed by atoms with Gasteiger partial charge in [-0.15, -0.1) is 0 Å². The summed E-state index contributed by atoms with van der Waals surface area (Å²) in [6.07, 6.45) is 2.35. The molecule has 1 aromatic carbocycles. The number of fused-ring (bicyclic) bond motifs is 1. The second kappa shape index (κ2) is 7.45. The van der Waals surface area contributed by atoms with E-state index in [1.807, 2.05) is 30.5 Å². The van der Waals surface area contributed by atoms with E-state index < -0.39 is 0 Å². The van der Waals surface area contributed by atoms with Gasteiger partial charge >= 0.3 is 0 Å². The van der Waals surface area contributed by atoms with E-state index in [9.17, 15) is 4.79 Å². The van der Waals surface area contributed by atoms with Gasteiger partial charge in [-0.1, -0.05) is 18.2 Å². The molecule has 2 aromatic rings. The maximum absolute atomic E-state index is 12.1. The van der Waals surface area contributed by atoms with Crippen LogP contribution in [0.25, 0.3) is 10.9 Å². The first-order valence-electron chi connectivity index (χ1n) is 8.06. The molecule has 0 fully saturated rings. The Labute approximate surface area is 132 Å². The number of amides is 1. The van der Waals surface area contributed by atoms with Gasteiger partial charge in [0.1, 0.15) is 0 Å². The number of para-hydroxylation sites is 1. The van der Waals surface area contributed by atoms with Crippen molar-refractivity contribution in [2.75, 3.05) is 13.1 Å². The molecule has 120 valence electrons. The van der Waals surface area contributed by atoms with Gasteiger partial charge in [0.2, 0.25) is 5.91 Å². The zero-order valence-electron chi connectivity index (χ0n) is 14.0. The Kier molecular flexibility index (Phi) is 5.61. The molecule has 0 saturated heterocycles. The average molecular weight is 301 g/mol. The largest absolute Gasteiger partial charge is 0.361 e. The molecular weight excluding hydrogens is 274 g/mol. The van der Waals surface area contributed by atoms with E-state index in [1.54, 1.807) is 0 Å². The van der Waals surface area contributed by atoms with Crippen LogP contribution in [0, 0.1) is 0 Å². The minimum absolute atomic E-state index is 0.0808.